The van der Waals surface area contributed by atoms with Crippen molar-refractivity contribution in [2.24, 2.45) is 11.8 Å². The zero-order valence-corrected chi connectivity index (χ0v) is 39.6. The Kier molecular flexibility index (Phi) is 32.8. The maximum Gasteiger partial charge on any atom is 0.472 e. The first-order chi connectivity index (χ1) is 29.2. The van der Waals surface area contributed by atoms with Crippen LogP contribution in [0, 0.1) is 11.8 Å². The van der Waals surface area contributed by atoms with Gasteiger partial charge in [0.05, 0.1) is 52.5 Å². The van der Waals surface area contributed by atoms with E-state index in [4.69, 9.17) is 18.5 Å². The number of aliphatic hydroxyl groups is 3. The number of hydrogen-bond acceptors (Lipinski definition) is 10. The number of ether oxygens (including phenoxy) is 2. The fourth-order valence-corrected chi connectivity index (χ4v) is 7.88. The average Bonchev–Trinajstić information content (AvgIpc) is 3.47. The Morgan fingerprint density at radius 1 is 0.738 bits per heavy atom. The number of carbonyl (C=O) groups is 2. The molecule has 354 valence electrons. The number of esters is 2. The van der Waals surface area contributed by atoms with Gasteiger partial charge in [0.2, 0.25) is 0 Å². The van der Waals surface area contributed by atoms with Crippen LogP contribution in [0.4, 0.5) is 0 Å². The lowest BCUT2D eigenvalue weighted by Crippen LogP contribution is -2.37. The van der Waals surface area contributed by atoms with Gasteiger partial charge in [-0.15, -0.1) is 0 Å². The predicted octanol–water partition coefficient (Wildman–Crippen LogP) is 9.85. The Morgan fingerprint density at radius 3 is 1.98 bits per heavy atom. The Bertz CT molecular complexity index is 1300. The van der Waals surface area contributed by atoms with Crippen molar-refractivity contribution in [2.45, 2.75) is 186 Å². The first-order valence-corrected chi connectivity index (χ1v) is 25.1. The summed E-state index contributed by atoms with van der Waals surface area (Å²) in [5.74, 6) is -1.70. The summed E-state index contributed by atoms with van der Waals surface area (Å²) in [6, 6.07) is 0. The summed E-state index contributed by atoms with van der Waals surface area (Å²) >= 11 is 0. The van der Waals surface area contributed by atoms with Gasteiger partial charge in [-0.3, -0.25) is 18.6 Å². The van der Waals surface area contributed by atoms with Crippen LogP contribution in [0.15, 0.2) is 48.6 Å². The molecule has 0 amide bonds. The monoisotopic (exact) mass is 885 g/mol. The number of likely N-dealkylation sites (N-methyl/N-ethyl adjacent to an activating group) is 1. The molecule has 13 heteroatoms. The Hall–Kier alpha value is -2.15. The van der Waals surface area contributed by atoms with Crippen LogP contribution in [0.5, 0.6) is 0 Å². The van der Waals surface area contributed by atoms with Gasteiger partial charge in [0.1, 0.15) is 19.8 Å². The van der Waals surface area contributed by atoms with E-state index in [0.29, 0.717) is 30.3 Å². The van der Waals surface area contributed by atoms with Crippen molar-refractivity contribution < 1.29 is 57.4 Å². The van der Waals surface area contributed by atoms with Crippen molar-refractivity contribution in [3.05, 3.63) is 48.6 Å². The third kappa shape index (κ3) is 32.2. The Labute approximate surface area is 370 Å². The van der Waals surface area contributed by atoms with Gasteiger partial charge in [0, 0.05) is 18.8 Å². The van der Waals surface area contributed by atoms with Crippen LogP contribution in [0.1, 0.15) is 162 Å². The van der Waals surface area contributed by atoms with E-state index in [2.05, 4.69) is 38.2 Å². The summed E-state index contributed by atoms with van der Waals surface area (Å²) < 4.78 is 34.3. The Balaban J connectivity index is 2.49. The van der Waals surface area contributed by atoms with Gasteiger partial charge < -0.3 is 34.2 Å². The van der Waals surface area contributed by atoms with E-state index in [-0.39, 0.29) is 44.3 Å². The van der Waals surface area contributed by atoms with Crippen molar-refractivity contribution >= 4 is 19.8 Å². The molecule has 0 aromatic carbocycles. The van der Waals surface area contributed by atoms with Crippen molar-refractivity contribution in [3.8, 4) is 0 Å². The summed E-state index contributed by atoms with van der Waals surface area (Å²) in [5.41, 5.74) is 0. The molecule has 1 saturated carbocycles. The van der Waals surface area contributed by atoms with Crippen LogP contribution in [0.2, 0.25) is 0 Å². The zero-order chi connectivity index (χ0) is 45.2. The van der Waals surface area contributed by atoms with Crippen molar-refractivity contribution in [2.75, 3.05) is 47.5 Å². The van der Waals surface area contributed by atoms with Crippen LogP contribution in [-0.4, -0.2) is 109 Å². The second-order valence-electron chi connectivity index (χ2n) is 17.8. The highest BCUT2D eigenvalue weighted by atomic mass is 31.2. The molecule has 0 radical (unpaired) electrons. The zero-order valence-electron chi connectivity index (χ0n) is 38.7. The number of carbonyl (C=O) groups excluding carboxylic acids is 2. The van der Waals surface area contributed by atoms with Crippen LogP contribution in [-0.2, 0) is 32.7 Å². The van der Waals surface area contributed by atoms with Crippen molar-refractivity contribution in [3.63, 3.8) is 0 Å². The van der Waals surface area contributed by atoms with Crippen LogP contribution in [0.3, 0.4) is 0 Å². The lowest BCUT2D eigenvalue weighted by Gasteiger charge is -2.24. The maximum atomic E-state index is 12.8. The number of allylic oxidation sites excluding steroid dienone is 5. The summed E-state index contributed by atoms with van der Waals surface area (Å²) in [5, 5.41) is 31.4. The number of rotatable bonds is 38. The summed E-state index contributed by atoms with van der Waals surface area (Å²) in [4.78, 5) is 35.7. The highest BCUT2D eigenvalue weighted by Gasteiger charge is 2.39. The number of aliphatic hydroxyl groups excluding tert-OH is 3. The molecule has 1 fully saturated rings. The van der Waals surface area contributed by atoms with Crippen LogP contribution >= 0.6 is 7.82 Å². The molecule has 1 rings (SSSR count). The number of phosphoric acid groups is 1. The van der Waals surface area contributed by atoms with E-state index in [0.717, 1.165) is 51.4 Å². The van der Waals surface area contributed by atoms with Gasteiger partial charge in [-0.2, -0.15) is 0 Å². The van der Waals surface area contributed by atoms with Gasteiger partial charge >= 0.3 is 19.8 Å². The molecule has 12 nitrogen and oxygen atoms in total. The SMILES string of the molecule is CCCCC/C=C\C/C=C\CCCCCCCCCCCC(=O)O[C@H](COC(=O)C/C=C\C[C@H]1[C@@H](/C=C/[C@H](O)CCCCC)[C@H](O)C[C@@H]1O)COP(=O)(O)OCC[N+](C)(C)C. The molecular weight excluding hydrogens is 797 g/mol. The maximum absolute atomic E-state index is 12.8. The summed E-state index contributed by atoms with van der Waals surface area (Å²) in [7, 11) is 1.30. The average molecular weight is 885 g/mol. The largest absolute Gasteiger partial charge is 0.472 e. The summed E-state index contributed by atoms with van der Waals surface area (Å²) in [6.07, 6.45) is 34.3. The number of quaternary nitrogens is 1. The van der Waals surface area contributed by atoms with E-state index in [1.807, 2.05) is 21.1 Å². The van der Waals surface area contributed by atoms with Crippen LogP contribution < -0.4 is 0 Å². The third-order valence-corrected chi connectivity index (χ3v) is 11.9. The summed E-state index contributed by atoms with van der Waals surface area (Å²) in [6.45, 7) is 3.91. The van der Waals surface area contributed by atoms with E-state index in [1.54, 1.807) is 24.3 Å². The highest BCUT2D eigenvalue weighted by Crippen LogP contribution is 2.43. The standard InChI is InChI=1S/C48H86NO11P/c1-6-8-10-11-12-13-14-15-16-17-18-19-20-21-22-23-24-25-27-33-48(54)60-42(40-59-61(55,56)58-37-36-49(3,4)5)39-57-47(53)32-29-28-31-43-44(46(52)38-45(43)51)35-34-41(50)30-26-9-7-2/h12-13,15-16,28-29,34-35,41-46,50-52H,6-11,14,17-27,30-33,36-40H2,1-5H3/p+1/b13-12-,16-15-,29-28-,35-34+/t41-,42-,43+,44-,45+,46-/m1/s1. The first kappa shape index (κ1) is 56.9. The molecule has 0 aliphatic heterocycles. The van der Waals surface area contributed by atoms with Gasteiger partial charge in [-0.1, -0.05) is 140 Å². The molecule has 0 heterocycles. The van der Waals surface area contributed by atoms with E-state index >= 15 is 0 Å². The highest BCUT2D eigenvalue weighted by molar-refractivity contribution is 7.47. The molecule has 7 atom stereocenters. The molecule has 4 N–H and O–H groups in total. The van der Waals surface area contributed by atoms with Gasteiger partial charge in [-0.25, -0.2) is 4.57 Å². The number of phosphoric ester groups is 1. The van der Waals surface area contributed by atoms with Gasteiger partial charge in [0.25, 0.3) is 0 Å². The molecule has 0 bridgehead atoms. The molecule has 61 heavy (non-hydrogen) atoms. The van der Waals surface area contributed by atoms with Gasteiger partial charge in [-0.05, 0) is 57.3 Å². The lowest BCUT2D eigenvalue weighted by molar-refractivity contribution is -0.870. The molecule has 0 aromatic heterocycles. The number of nitrogens with zero attached hydrogens (tertiary/aromatic N) is 1. The predicted molar refractivity (Wildman–Crippen MR) is 245 cm³/mol. The minimum absolute atomic E-state index is 0.0207. The number of hydrogen-bond donors (Lipinski definition) is 4. The van der Waals surface area contributed by atoms with E-state index in [9.17, 15) is 34.4 Å². The molecule has 0 saturated heterocycles. The fraction of sp³-hybridized carbons (Fsp3) is 0.792. The third-order valence-electron chi connectivity index (χ3n) is 10.9. The smallest absolute Gasteiger partial charge is 0.461 e. The first-order valence-electron chi connectivity index (χ1n) is 23.6. The molecular formula is C48H87NO11P+. The molecule has 1 unspecified atom stereocenters. The van der Waals surface area contributed by atoms with Crippen LogP contribution in [0.25, 0.3) is 0 Å². The number of unbranched alkanes of at least 4 members (excludes halogenated alkanes) is 14. The topological polar surface area (TPSA) is 169 Å². The fourth-order valence-electron chi connectivity index (χ4n) is 7.13. The van der Waals surface area contributed by atoms with Crippen molar-refractivity contribution in [1.29, 1.82) is 0 Å². The minimum atomic E-state index is -4.46. The molecule has 1 aliphatic carbocycles. The normalized spacial score (nSPS) is 20.6. The quantitative estimate of drug-likeness (QED) is 0.0153. The van der Waals surface area contributed by atoms with Gasteiger partial charge in [0.15, 0.2) is 6.10 Å². The minimum Gasteiger partial charge on any atom is -0.461 e. The second kappa shape index (κ2) is 35.2. The molecule has 0 aromatic rings. The van der Waals surface area contributed by atoms with E-state index in [1.165, 1.54) is 57.8 Å². The molecule has 1 aliphatic rings. The van der Waals surface area contributed by atoms with E-state index < -0.39 is 50.8 Å². The molecule has 0 spiro atoms. The Morgan fingerprint density at radius 2 is 1.34 bits per heavy atom. The lowest BCUT2D eigenvalue weighted by atomic mass is 9.89. The second-order valence-corrected chi connectivity index (χ2v) is 19.2. The van der Waals surface area contributed by atoms with Crippen molar-refractivity contribution in [1.82, 2.24) is 0 Å².